The lowest BCUT2D eigenvalue weighted by molar-refractivity contribution is -0.138. The molecule has 2 atom stereocenters. The summed E-state index contributed by atoms with van der Waals surface area (Å²) < 4.78 is 0. The summed E-state index contributed by atoms with van der Waals surface area (Å²) in [5, 5.41) is 4.16. The molecule has 3 nitrogen and oxygen atoms in total. The second kappa shape index (κ2) is 6.80. The molecule has 1 aromatic rings. The molecule has 1 aliphatic heterocycles. The highest BCUT2D eigenvalue weighted by Gasteiger charge is 2.42. The minimum Gasteiger partial charge on any atom is -0.337 e. The lowest BCUT2D eigenvalue weighted by Crippen LogP contribution is -2.54. The normalized spacial score (nSPS) is 23.0. The quantitative estimate of drug-likeness (QED) is 0.897. The van der Waals surface area contributed by atoms with E-state index in [2.05, 4.69) is 12.2 Å². The fraction of sp³-hybridized carbons (Fsp3) is 0.588. The molecule has 1 aliphatic rings. The molecule has 21 heavy (non-hydrogen) atoms. The first-order valence-electron chi connectivity index (χ1n) is 7.78. The summed E-state index contributed by atoms with van der Waals surface area (Å²) in [6.45, 7) is 5.10. The van der Waals surface area contributed by atoms with Gasteiger partial charge in [-0.15, -0.1) is 0 Å². The van der Waals surface area contributed by atoms with Gasteiger partial charge in [-0.25, -0.2) is 0 Å². The minimum atomic E-state index is -0.376. The maximum absolute atomic E-state index is 13.0. The summed E-state index contributed by atoms with van der Waals surface area (Å²) in [4.78, 5) is 14.8. The van der Waals surface area contributed by atoms with E-state index in [0.29, 0.717) is 5.02 Å². The Bertz CT molecular complexity index is 497. The third-order valence-corrected chi connectivity index (χ3v) is 4.93. The van der Waals surface area contributed by atoms with Gasteiger partial charge in [-0.3, -0.25) is 4.79 Å². The second-order valence-corrected chi connectivity index (χ2v) is 6.38. The highest BCUT2D eigenvalue weighted by Crippen LogP contribution is 2.32. The van der Waals surface area contributed by atoms with Crippen molar-refractivity contribution in [1.29, 1.82) is 0 Å². The van der Waals surface area contributed by atoms with Crippen LogP contribution in [0.15, 0.2) is 24.3 Å². The van der Waals surface area contributed by atoms with Crippen molar-refractivity contribution in [2.75, 3.05) is 13.6 Å². The van der Waals surface area contributed by atoms with Gasteiger partial charge in [0.15, 0.2) is 0 Å². The van der Waals surface area contributed by atoms with E-state index >= 15 is 0 Å². The molecule has 1 N–H and O–H groups in total. The molecule has 1 aromatic carbocycles. The molecule has 0 aromatic heterocycles. The molecule has 0 spiro atoms. The largest absolute Gasteiger partial charge is 0.337 e. The van der Waals surface area contributed by atoms with Gasteiger partial charge in [0, 0.05) is 12.1 Å². The Balaban J connectivity index is 2.20. The van der Waals surface area contributed by atoms with Gasteiger partial charge in [0.25, 0.3) is 0 Å². The molecule has 1 amide bonds. The SMILES string of the molecule is CCCC1(C(=O)N(C)C(C)c2ccccc2Cl)CCCN1. The number of carbonyl (C=O) groups excluding carboxylic acids is 1. The first-order valence-corrected chi connectivity index (χ1v) is 8.16. The monoisotopic (exact) mass is 308 g/mol. The standard InChI is InChI=1S/C17H25ClN2O/c1-4-10-17(11-7-12-19-17)16(21)20(3)13(2)14-8-5-6-9-15(14)18/h5-6,8-9,13,19H,4,7,10-12H2,1-3H3. The number of likely N-dealkylation sites (N-methyl/N-ethyl adjacent to an activating group) is 1. The number of nitrogens with one attached hydrogen (secondary N) is 1. The number of hydrogen-bond acceptors (Lipinski definition) is 2. The maximum Gasteiger partial charge on any atom is 0.243 e. The molecule has 0 saturated carbocycles. The van der Waals surface area contributed by atoms with Crippen molar-refractivity contribution in [3.8, 4) is 0 Å². The molecule has 2 unspecified atom stereocenters. The van der Waals surface area contributed by atoms with Crippen LogP contribution >= 0.6 is 11.6 Å². The highest BCUT2D eigenvalue weighted by molar-refractivity contribution is 6.31. The average molecular weight is 309 g/mol. The molecule has 116 valence electrons. The van der Waals surface area contributed by atoms with E-state index in [9.17, 15) is 4.79 Å². The summed E-state index contributed by atoms with van der Waals surface area (Å²) in [7, 11) is 1.88. The van der Waals surface area contributed by atoms with E-state index in [1.165, 1.54) is 0 Å². The molecule has 4 heteroatoms. The third kappa shape index (κ3) is 3.24. The lowest BCUT2D eigenvalue weighted by atomic mass is 9.89. The van der Waals surface area contributed by atoms with Crippen molar-refractivity contribution < 1.29 is 4.79 Å². The van der Waals surface area contributed by atoms with Crippen molar-refractivity contribution in [1.82, 2.24) is 10.2 Å². The number of benzene rings is 1. The van der Waals surface area contributed by atoms with Crippen LogP contribution in [0.25, 0.3) is 0 Å². The summed E-state index contributed by atoms with van der Waals surface area (Å²) in [5.41, 5.74) is 0.624. The number of rotatable bonds is 5. The van der Waals surface area contributed by atoms with E-state index < -0.39 is 0 Å². The second-order valence-electron chi connectivity index (χ2n) is 5.98. The van der Waals surface area contributed by atoms with E-state index in [-0.39, 0.29) is 17.5 Å². The molecular weight excluding hydrogens is 284 g/mol. The van der Waals surface area contributed by atoms with Crippen LogP contribution < -0.4 is 5.32 Å². The van der Waals surface area contributed by atoms with E-state index in [1.54, 1.807) is 0 Å². The van der Waals surface area contributed by atoms with Crippen LogP contribution in [0.5, 0.6) is 0 Å². The van der Waals surface area contributed by atoms with Crippen molar-refractivity contribution in [3.63, 3.8) is 0 Å². The Morgan fingerprint density at radius 2 is 2.19 bits per heavy atom. The van der Waals surface area contributed by atoms with Crippen LogP contribution in [0.1, 0.15) is 51.1 Å². The molecule has 2 rings (SSSR count). The van der Waals surface area contributed by atoms with Crippen LogP contribution in [0.2, 0.25) is 5.02 Å². The Hall–Kier alpha value is -1.06. The summed E-state index contributed by atoms with van der Waals surface area (Å²) in [6, 6.07) is 7.72. The Morgan fingerprint density at radius 1 is 1.48 bits per heavy atom. The Labute approximate surface area is 132 Å². The van der Waals surface area contributed by atoms with Crippen LogP contribution in [0.4, 0.5) is 0 Å². The van der Waals surface area contributed by atoms with E-state index in [4.69, 9.17) is 11.6 Å². The minimum absolute atomic E-state index is 0.0256. The maximum atomic E-state index is 13.0. The Kier molecular flexibility index (Phi) is 5.28. The average Bonchev–Trinajstić information content (AvgIpc) is 2.95. The zero-order valence-electron chi connectivity index (χ0n) is 13.2. The zero-order valence-corrected chi connectivity index (χ0v) is 13.9. The molecule has 1 saturated heterocycles. The fourth-order valence-corrected chi connectivity index (χ4v) is 3.57. The van der Waals surface area contributed by atoms with Gasteiger partial charge in [-0.05, 0) is 44.4 Å². The fourth-order valence-electron chi connectivity index (χ4n) is 3.27. The van der Waals surface area contributed by atoms with Gasteiger partial charge in [0.05, 0.1) is 11.6 Å². The lowest BCUT2D eigenvalue weighted by Gasteiger charge is -2.36. The van der Waals surface area contributed by atoms with Crippen molar-refractivity contribution >= 4 is 17.5 Å². The molecule has 1 heterocycles. The molecule has 0 aliphatic carbocycles. The first-order chi connectivity index (χ1) is 10.0. The van der Waals surface area contributed by atoms with Gasteiger partial charge in [-0.2, -0.15) is 0 Å². The van der Waals surface area contributed by atoms with Crippen LogP contribution in [0, 0.1) is 0 Å². The van der Waals surface area contributed by atoms with Crippen molar-refractivity contribution in [2.45, 2.75) is 51.1 Å². The number of amides is 1. The third-order valence-electron chi connectivity index (χ3n) is 4.59. The van der Waals surface area contributed by atoms with Crippen LogP contribution in [-0.4, -0.2) is 29.9 Å². The number of nitrogens with zero attached hydrogens (tertiary/aromatic N) is 1. The van der Waals surface area contributed by atoms with Gasteiger partial charge in [0.1, 0.15) is 0 Å². The van der Waals surface area contributed by atoms with E-state index in [1.807, 2.05) is 43.1 Å². The van der Waals surface area contributed by atoms with Crippen LogP contribution in [0.3, 0.4) is 0 Å². The van der Waals surface area contributed by atoms with Crippen molar-refractivity contribution in [3.05, 3.63) is 34.9 Å². The number of hydrogen-bond donors (Lipinski definition) is 1. The zero-order chi connectivity index (χ0) is 15.5. The van der Waals surface area contributed by atoms with Crippen molar-refractivity contribution in [2.24, 2.45) is 0 Å². The highest BCUT2D eigenvalue weighted by atomic mass is 35.5. The smallest absolute Gasteiger partial charge is 0.243 e. The van der Waals surface area contributed by atoms with Gasteiger partial charge < -0.3 is 10.2 Å². The van der Waals surface area contributed by atoms with Gasteiger partial charge >= 0.3 is 0 Å². The first kappa shape index (κ1) is 16.3. The molecule has 0 bridgehead atoms. The Morgan fingerprint density at radius 3 is 2.76 bits per heavy atom. The number of halogens is 1. The predicted octanol–water partition coefficient (Wildman–Crippen LogP) is 3.78. The van der Waals surface area contributed by atoms with Crippen LogP contribution in [-0.2, 0) is 4.79 Å². The van der Waals surface area contributed by atoms with Gasteiger partial charge in [0.2, 0.25) is 5.91 Å². The predicted molar refractivity (Wildman–Crippen MR) is 87.5 cm³/mol. The summed E-state index contributed by atoms with van der Waals surface area (Å²) in [5.74, 6) is 0.189. The van der Waals surface area contributed by atoms with E-state index in [0.717, 1.165) is 37.8 Å². The molecular formula is C17H25ClN2O. The summed E-state index contributed by atoms with van der Waals surface area (Å²) in [6.07, 6.45) is 3.90. The number of carbonyl (C=O) groups is 1. The summed E-state index contributed by atoms with van der Waals surface area (Å²) >= 11 is 6.27. The van der Waals surface area contributed by atoms with Gasteiger partial charge in [-0.1, -0.05) is 43.1 Å². The molecule has 0 radical (unpaired) electrons. The topological polar surface area (TPSA) is 32.3 Å². The molecule has 1 fully saturated rings.